The number of carbonyl (C=O) groups excluding carboxylic acids is 1. The number of amides is 1. The third-order valence-electron chi connectivity index (χ3n) is 6.16. The first-order chi connectivity index (χ1) is 17.1. The Kier molecular flexibility index (Phi) is 6.77. The highest BCUT2D eigenvalue weighted by molar-refractivity contribution is 6.31. The standard InChI is InChI=1S/C27H26ClN5O2/c1-19-29-27(35-31-19)23-11-7-15-32(16-23)25(34)14-13-22-18-33(17-21-10-5-6-12-24(21)28)30-26(22)20-8-3-2-4-9-20/h2-6,8-10,12-14,18,23H,7,11,15-17H2,1H3/b14-13+. The van der Waals surface area contributed by atoms with Crippen LogP contribution >= 0.6 is 11.6 Å². The van der Waals surface area contributed by atoms with Gasteiger partial charge in [-0.1, -0.05) is 65.3 Å². The molecule has 1 atom stereocenters. The molecule has 0 N–H and O–H groups in total. The summed E-state index contributed by atoms with van der Waals surface area (Å²) in [6.45, 7) is 3.63. The number of aromatic nitrogens is 4. The summed E-state index contributed by atoms with van der Waals surface area (Å²) in [6, 6.07) is 17.7. The van der Waals surface area contributed by atoms with E-state index in [9.17, 15) is 4.79 Å². The number of benzene rings is 2. The zero-order valence-corrected chi connectivity index (χ0v) is 20.2. The van der Waals surface area contributed by atoms with Crippen molar-refractivity contribution in [1.82, 2.24) is 24.8 Å². The van der Waals surface area contributed by atoms with Crippen LogP contribution in [-0.2, 0) is 11.3 Å². The predicted octanol–water partition coefficient (Wildman–Crippen LogP) is 5.36. The number of hydrogen-bond acceptors (Lipinski definition) is 5. The van der Waals surface area contributed by atoms with Crippen LogP contribution in [0.25, 0.3) is 17.3 Å². The molecular weight excluding hydrogens is 462 g/mol. The summed E-state index contributed by atoms with van der Waals surface area (Å²) in [6.07, 6.45) is 7.26. The summed E-state index contributed by atoms with van der Waals surface area (Å²) in [7, 11) is 0. The van der Waals surface area contributed by atoms with Gasteiger partial charge in [0.1, 0.15) is 0 Å². The van der Waals surface area contributed by atoms with E-state index in [-0.39, 0.29) is 11.8 Å². The third kappa shape index (κ3) is 5.35. The van der Waals surface area contributed by atoms with Crippen molar-refractivity contribution in [3.8, 4) is 11.3 Å². The molecule has 0 bridgehead atoms. The smallest absolute Gasteiger partial charge is 0.246 e. The molecule has 7 nitrogen and oxygen atoms in total. The lowest BCUT2D eigenvalue weighted by Gasteiger charge is -2.30. The first-order valence-corrected chi connectivity index (χ1v) is 12.1. The zero-order chi connectivity index (χ0) is 24.2. The van der Waals surface area contributed by atoms with Crippen LogP contribution in [0.3, 0.4) is 0 Å². The van der Waals surface area contributed by atoms with E-state index >= 15 is 0 Å². The molecule has 178 valence electrons. The Morgan fingerprint density at radius 2 is 1.97 bits per heavy atom. The maximum Gasteiger partial charge on any atom is 0.246 e. The summed E-state index contributed by atoms with van der Waals surface area (Å²) in [4.78, 5) is 19.3. The summed E-state index contributed by atoms with van der Waals surface area (Å²) in [5.41, 5.74) is 3.66. The highest BCUT2D eigenvalue weighted by Gasteiger charge is 2.27. The number of aryl methyl sites for hydroxylation is 1. The Bertz CT molecular complexity index is 1340. The highest BCUT2D eigenvalue weighted by atomic mass is 35.5. The molecule has 5 rings (SSSR count). The molecule has 0 spiro atoms. The van der Waals surface area contributed by atoms with Gasteiger partial charge in [0.15, 0.2) is 5.82 Å². The summed E-state index contributed by atoms with van der Waals surface area (Å²) < 4.78 is 7.21. The van der Waals surface area contributed by atoms with Crippen molar-refractivity contribution in [1.29, 1.82) is 0 Å². The number of likely N-dealkylation sites (tertiary alicyclic amines) is 1. The van der Waals surface area contributed by atoms with Gasteiger partial charge >= 0.3 is 0 Å². The molecule has 2 aromatic heterocycles. The van der Waals surface area contributed by atoms with Gasteiger partial charge in [0, 0.05) is 41.5 Å². The van der Waals surface area contributed by atoms with Gasteiger partial charge in [-0.3, -0.25) is 9.48 Å². The second-order valence-corrected chi connectivity index (χ2v) is 9.13. The maximum absolute atomic E-state index is 13.1. The third-order valence-corrected chi connectivity index (χ3v) is 6.53. The number of nitrogens with zero attached hydrogens (tertiary/aromatic N) is 5. The number of piperidine rings is 1. The summed E-state index contributed by atoms with van der Waals surface area (Å²) in [5, 5.41) is 9.41. The van der Waals surface area contributed by atoms with Gasteiger partial charge in [0.25, 0.3) is 0 Å². The summed E-state index contributed by atoms with van der Waals surface area (Å²) >= 11 is 6.36. The molecule has 1 aliphatic heterocycles. The van der Waals surface area contributed by atoms with Crippen LogP contribution in [-0.4, -0.2) is 43.8 Å². The van der Waals surface area contributed by atoms with Crippen LogP contribution in [0.15, 0.2) is 71.4 Å². The van der Waals surface area contributed by atoms with Gasteiger partial charge in [-0.2, -0.15) is 10.1 Å². The minimum atomic E-state index is -0.0381. The lowest BCUT2D eigenvalue weighted by Crippen LogP contribution is -2.38. The van der Waals surface area contributed by atoms with Crippen molar-refractivity contribution in [3.05, 3.63) is 94.7 Å². The van der Waals surface area contributed by atoms with Crippen LogP contribution in [0.5, 0.6) is 0 Å². The van der Waals surface area contributed by atoms with Crippen molar-refractivity contribution >= 4 is 23.6 Å². The number of halogens is 1. The Morgan fingerprint density at radius 3 is 2.74 bits per heavy atom. The maximum atomic E-state index is 13.1. The van der Waals surface area contributed by atoms with E-state index in [2.05, 4.69) is 10.1 Å². The van der Waals surface area contributed by atoms with E-state index in [1.807, 2.05) is 76.5 Å². The normalized spacial score (nSPS) is 16.2. The van der Waals surface area contributed by atoms with Crippen LogP contribution in [0, 0.1) is 6.92 Å². The molecule has 1 aliphatic rings. The highest BCUT2D eigenvalue weighted by Crippen LogP contribution is 2.27. The van der Waals surface area contributed by atoms with Crippen LogP contribution in [0.1, 0.15) is 41.6 Å². The molecule has 3 heterocycles. The van der Waals surface area contributed by atoms with E-state index < -0.39 is 0 Å². The lowest BCUT2D eigenvalue weighted by molar-refractivity contribution is -0.127. The molecule has 1 fully saturated rings. The monoisotopic (exact) mass is 487 g/mol. The van der Waals surface area contributed by atoms with Crippen molar-refractivity contribution < 1.29 is 9.32 Å². The fraction of sp³-hybridized carbons (Fsp3) is 0.259. The average Bonchev–Trinajstić information content (AvgIpc) is 3.50. The lowest BCUT2D eigenvalue weighted by atomic mass is 9.98. The summed E-state index contributed by atoms with van der Waals surface area (Å²) in [5.74, 6) is 1.26. The minimum Gasteiger partial charge on any atom is -0.339 e. The second kappa shape index (κ2) is 10.3. The predicted molar refractivity (Wildman–Crippen MR) is 135 cm³/mol. The molecule has 1 saturated heterocycles. The molecule has 0 saturated carbocycles. The number of rotatable bonds is 6. The molecule has 0 aliphatic carbocycles. The van der Waals surface area contributed by atoms with Crippen molar-refractivity contribution in [3.63, 3.8) is 0 Å². The van der Waals surface area contributed by atoms with E-state index in [4.69, 9.17) is 21.2 Å². The first-order valence-electron chi connectivity index (χ1n) is 11.7. The van der Waals surface area contributed by atoms with Crippen LogP contribution in [0.2, 0.25) is 5.02 Å². The fourth-order valence-corrected chi connectivity index (χ4v) is 4.58. The second-order valence-electron chi connectivity index (χ2n) is 8.72. The molecule has 2 aromatic carbocycles. The van der Waals surface area contributed by atoms with Gasteiger partial charge in [-0.05, 0) is 37.5 Å². The van der Waals surface area contributed by atoms with Gasteiger partial charge in [-0.25, -0.2) is 0 Å². The molecular formula is C27H26ClN5O2. The van der Waals surface area contributed by atoms with E-state index in [1.54, 1.807) is 13.0 Å². The van der Waals surface area contributed by atoms with E-state index in [1.165, 1.54) is 0 Å². The Morgan fingerprint density at radius 1 is 1.17 bits per heavy atom. The molecule has 1 unspecified atom stereocenters. The number of hydrogen-bond donors (Lipinski definition) is 0. The van der Waals surface area contributed by atoms with E-state index in [0.29, 0.717) is 36.4 Å². The van der Waals surface area contributed by atoms with Crippen LogP contribution in [0.4, 0.5) is 0 Å². The number of carbonyl (C=O) groups is 1. The van der Waals surface area contributed by atoms with Gasteiger partial charge in [0.05, 0.1) is 18.2 Å². The first kappa shape index (κ1) is 23.1. The van der Waals surface area contributed by atoms with Crippen molar-refractivity contribution in [2.24, 2.45) is 0 Å². The SMILES string of the molecule is Cc1noc(C2CCCN(C(=O)/C=C/c3cn(Cc4ccccc4Cl)nc3-c3ccccc3)C2)n1. The van der Waals surface area contributed by atoms with Gasteiger partial charge < -0.3 is 9.42 Å². The average molecular weight is 488 g/mol. The van der Waals surface area contributed by atoms with Crippen molar-refractivity contribution in [2.75, 3.05) is 13.1 Å². The largest absolute Gasteiger partial charge is 0.339 e. The Labute approximate surface area is 209 Å². The zero-order valence-electron chi connectivity index (χ0n) is 19.5. The van der Waals surface area contributed by atoms with Gasteiger partial charge in [-0.15, -0.1) is 0 Å². The topological polar surface area (TPSA) is 77.0 Å². The molecule has 1 amide bonds. The molecule has 0 radical (unpaired) electrons. The quantitative estimate of drug-likeness (QED) is 0.342. The minimum absolute atomic E-state index is 0.0381. The van der Waals surface area contributed by atoms with Crippen LogP contribution < -0.4 is 0 Å². The Balaban J connectivity index is 1.37. The van der Waals surface area contributed by atoms with Gasteiger partial charge in [0.2, 0.25) is 11.8 Å². The fourth-order valence-electron chi connectivity index (χ4n) is 4.39. The Hall–Kier alpha value is -3.71. The van der Waals surface area contributed by atoms with E-state index in [0.717, 1.165) is 35.2 Å². The van der Waals surface area contributed by atoms with Crippen molar-refractivity contribution in [2.45, 2.75) is 32.2 Å². The molecule has 8 heteroatoms. The molecule has 35 heavy (non-hydrogen) atoms. The molecule has 4 aromatic rings.